The number of hydrogen-bond acceptors (Lipinski definition) is 7. The van der Waals surface area contributed by atoms with Crippen LogP contribution in [0.5, 0.6) is 0 Å². The number of carbonyl (C=O) groups is 5. The molecule has 9 N–H and O–H groups in total. The first-order valence-corrected chi connectivity index (χ1v) is 9.62. The number of primary amides is 1. The molecule has 0 aliphatic heterocycles. The van der Waals surface area contributed by atoms with E-state index >= 15 is 0 Å². The largest absolute Gasteiger partial charge is 0.480 e. The van der Waals surface area contributed by atoms with Crippen molar-refractivity contribution in [2.75, 3.05) is 0 Å². The quantitative estimate of drug-likeness (QED) is 0.166. The van der Waals surface area contributed by atoms with Crippen LogP contribution in [0.4, 0.5) is 0 Å². The monoisotopic (exact) mass is 431 g/mol. The molecular weight excluding hydrogens is 398 g/mol. The van der Waals surface area contributed by atoms with Gasteiger partial charge in [-0.25, -0.2) is 4.79 Å². The number of amides is 4. The predicted octanol–water partition coefficient (Wildman–Crippen LogP) is -2.43. The molecule has 0 saturated carbocycles. The number of nitrogens with one attached hydrogen (secondary N) is 3. The molecule has 4 amide bonds. The molecule has 0 radical (unpaired) electrons. The molecule has 0 aliphatic carbocycles. The van der Waals surface area contributed by atoms with Gasteiger partial charge >= 0.3 is 5.97 Å². The summed E-state index contributed by atoms with van der Waals surface area (Å²) in [5, 5.41) is 25.7. The van der Waals surface area contributed by atoms with Gasteiger partial charge in [-0.15, -0.1) is 0 Å². The van der Waals surface area contributed by atoms with Crippen molar-refractivity contribution >= 4 is 29.6 Å². The van der Waals surface area contributed by atoms with E-state index in [1.165, 1.54) is 13.8 Å². The third-order valence-electron chi connectivity index (χ3n) is 4.21. The summed E-state index contributed by atoms with van der Waals surface area (Å²) in [6.45, 7) is 6.32. The van der Waals surface area contributed by atoms with Gasteiger partial charge in [-0.05, 0) is 32.6 Å². The van der Waals surface area contributed by atoms with E-state index in [9.17, 15) is 34.2 Å². The van der Waals surface area contributed by atoms with Crippen LogP contribution in [-0.4, -0.2) is 70.1 Å². The number of aliphatic carboxylic acids is 1. The molecule has 12 heteroatoms. The van der Waals surface area contributed by atoms with E-state index in [4.69, 9.17) is 11.5 Å². The Morgan fingerprint density at radius 3 is 1.83 bits per heavy atom. The minimum Gasteiger partial charge on any atom is -0.480 e. The first kappa shape index (κ1) is 27.3. The number of hydrogen-bond donors (Lipinski definition) is 7. The minimum atomic E-state index is -1.35. The zero-order valence-corrected chi connectivity index (χ0v) is 17.7. The van der Waals surface area contributed by atoms with Gasteiger partial charge in [0.15, 0.2) is 0 Å². The number of aliphatic hydroxyl groups is 1. The highest BCUT2D eigenvalue weighted by molar-refractivity contribution is 5.94. The third-order valence-corrected chi connectivity index (χ3v) is 4.21. The van der Waals surface area contributed by atoms with E-state index in [2.05, 4.69) is 16.0 Å². The number of carboxylic acids is 1. The van der Waals surface area contributed by atoms with Gasteiger partial charge in [0.2, 0.25) is 23.6 Å². The Bertz CT molecular complexity index is 638. The van der Waals surface area contributed by atoms with Crippen LogP contribution in [0, 0.1) is 5.92 Å². The lowest BCUT2D eigenvalue weighted by Gasteiger charge is -2.25. The van der Waals surface area contributed by atoms with E-state index in [1.54, 1.807) is 13.8 Å². The highest BCUT2D eigenvalue weighted by Gasteiger charge is 2.29. The van der Waals surface area contributed by atoms with Gasteiger partial charge in [0.05, 0.1) is 6.10 Å². The molecule has 12 nitrogen and oxygen atoms in total. The van der Waals surface area contributed by atoms with Gasteiger partial charge in [-0.1, -0.05) is 13.8 Å². The summed E-state index contributed by atoms with van der Waals surface area (Å²) >= 11 is 0. The standard InChI is InChI=1S/C18H33N5O7/c1-8(2)7-12(16(27)22-11(18(29)30)5-6-13(19)25)23-15(26)9(3)21-17(28)14(20)10(4)24/h8-12,14,24H,5-7,20H2,1-4H3,(H2,19,25)(H,21,28)(H,22,27)(H,23,26)(H,29,30). The van der Waals surface area contributed by atoms with Gasteiger partial charge in [0, 0.05) is 6.42 Å². The number of aliphatic hydroxyl groups excluding tert-OH is 1. The second-order valence-corrected chi connectivity index (χ2v) is 7.59. The number of carboxylic acid groups (broad SMARTS) is 1. The predicted molar refractivity (Wildman–Crippen MR) is 107 cm³/mol. The van der Waals surface area contributed by atoms with Crippen LogP contribution in [0.3, 0.4) is 0 Å². The van der Waals surface area contributed by atoms with Gasteiger partial charge in [-0.2, -0.15) is 0 Å². The molecule has 0 saturated heterocycles. The fourth-order valence-corrected chi connectivity index (χ4v) is 2.41. The van der Waals surface area contributed by atoms with Gasteiger partial charge in [0.1, 0.15) is 24.2 Å². The van der Waals surface area contributed by atoms with Gasteiger partial charge in [-0.3, -0.25) is 19.2 Å². The van der Waals surface area contributed by atoms with Gasteiger partial charge < -0.3 is 37.6 Å². The Morgan fingerprint density at radius 1 is 0.867 bits per heavy atom. The summed E-state index contributed by atoms with van der Waals surface area (Å²) < 4.78 is 0. The summed E-state index contributed by atoms with van der Waals surface area (Å²) in [4.78, 5) is 59.1. The van der Waals surface area contributed by atoms with Crippen molar-refractivity contribution in [3.63, 3.8) is 0 Å². The van der Waals surface area contributed by atoms with Crippen molar-refractivity contribution in [3.05, 3.63) is 0 Å². The van der Waals surface area contributed by atoms with Crippen molar-refractivity contribution in [3.8, 4) is 0 Å². The normalized spacial score (nSPS) is 16.0. The van der Waals surface area contributed by atoms with E-state index < -0.39 is 59.9 Å². The molecule has 0 aliphatic rings. The Hall–Kier alpha value is -2.73. The van der Waals surface area contributed by atoms with E-state index in [0.717, 1.165) is 0 Å². The molecule has 30 heavy (non-hydrogen) atoms. The Morgan fingerprint density at radius 2 is 1.40 bits per heavy atom. The molecule has 5 unspecified atom stereocenters. The van der Waals surface area contributed by atoms with Crippen LogP contribution in [0.15, 0.2) is 0 Å². The molecule has 0 aromatic carbocycles. The zero-order valence-electron chi connectivity index (χ0n) is 17.7. The van der Waals surface area contributed by atoms with E-state index in [-0.39, 0.29) is 25.2 Å². The number of carbonyl (C=O) groups excluding carboxylic acids is 4. The maximum Gasteiger partial charge on any atom is 0.326 e. The van der Waals surface area contributed by atoms with Crippen LogP contribution < -0.4 is 27.4 Å². The number of nitrogens with two attached hydrogens (primary N) is 2. The molecule has 0 rings (SSSR count). The fourth-order valence-electron chi connectivity index (χ4n) is 2.41. The average molecular weight is 431 g/mol. The molecule has 172 valence electrons. The topological polar surface area (TPSA) is 214 Å². The van der Waals surface area contributed by atoms with Crippen molar-refractivity contribution < 1.29 is 34.2 Å². The Kier molecular flexibility index (Phi) is 11.6. The first-order valence-electron chi connectivity index (χ1n) is 9.62. The molecule has 0 bridgehead atoms. The second kappa shape index (κ2) is 12.8. The maximum atomic E-state index is 12.6. The van der Waals surface area contributed by atoms with Crippen LogP contribution in [0.25, 0.3) is 0 Å². The first-order chi connectivity index (χ1) is 13.8. The Labute approximate surface area is 175 Å². The van der Waals surface area contributed by atoms with E-state index in [0.29, 0.717) is 0 Å². The lowest BCUT2D eigenvalue weighted by atomic mass is 10.0. The highest BCUT2D eigenvalue weighted by atomic mass is 16.4. The average Bonchev–Trinajstić information content (AvgIpc) is 2.62. The molecule has 5 atom stereocenters. The summed E-state index contributed by atoms with van der Waals surface area (Å²) in [6, 6.07) is -4.71. The zero-order chi connectivity index (χ0) is 23.6. The van der Waals surface area contributed by atoms with Crippen molar-refractivity contribution in [1.29, 1.82) is 0 Å². The lowest BCUT2D eigenvalue weighted by molar-refractivity contribution is -0.142. The molecule has 0 spiro atoms. The third kappa shape index (κ3) is 10.2. The molecule has 0 aromatic heterocycles. The van der Waals surface area contributed by atoms with Crippen molar-refractivity contribution in [2.45, 2.75) is 77.2 Å². The summed E-state index contributed by atoms with van der Waals surface area (Å²) in [6.07, 6.45) is -1.34. The van der Waals surface area contributed by atoms with Crippen LogP contribution in [0.2, 0.25) is 0 Å². The summed E-state index contributed by atoms with van der Waals surface area (Å²) in [7, 11) is 0. The van der Waals surface area contributed by atoms with Crippen LogP contribution in [0.1, 0.15) is 47.0 Å². The molecule has 0 heterocycles. The summed E-state index contributed by atoms with van der Waals surface area (Å²) in [5.41, 5.74) is 10.5. The minimum absolute atomic E-state index is 0.0245. The molecule has 0 fully saturated rings. The maximum absolute atomic E-state index is 12.6. The van der Waals surface area contributed by atoms with Crippen LogP contribution >= 0.6 is 0 Å². The molecule has 0 aromatic rings. The highest BCUT2D eigenvalue weighted by Crippen LogP contribution is 2.07. The van der Waals surface area contributed by atoms with Crippen molar-refractivity contribution in [1.82, 2.24) is 16.0 Å². The van der Waals surface area contributed by atoms with Crippen molar-refractivity contribution in [2.24, 2.45) is 17.4 Å². The molecular formula is C18H33N5O7. The van der Waals surface area contributed by atoms with E-state index in [1.807, 2.05) is 0 Å². The summed E-state index contributed by atoms with van der Waals surface area (Å²) in [5.74, 6) is -4.24. The second-order valence-electron chi connectivity index (χ2n) is 7.59. The smallest absolute Gasteiger partial charge is 0.326 e. The fraction of sp³-hybridized carbons (Fsp3) is 0.722. The Balaban J connectivity index is 5.14. The lowest BCUT2D eigenvalue weighted by Crippen LogP contribution is -2.57. The SMILES string of the molecule is CC(C)CC(NC(=O)C(C)NC(=O)C(N)C(C)O)C(=O)NC(CCC(N)=O)C(=O)O. The number of rotatable bonds is 13. The van der Waals surface area contributed by atoms with Crippen LogP contribution in [-0.2, 0) is 24.0 Å². The van der Waals surface area contributed by atoms with Gasteiger partial charge in [0.25, 0.3) is 0 Å².